The van der Waals surface area contributed by atoms with Crippen LogP contribution in [0.25, 0.3) is 22.4 Å². The van der Waals surface area contributed by atoms with Crippen LogP contribution in [0.3, 0.4) is 0 Å². The number of aromatic nitrogens is 2. The molecule has 0 atom stereocenters. The van der Waals surface area contributed by atoms with Crippen molar-refractivity contribution in [1.82, 2.24) is 14.5 Å². The standard InChI is InChI=1S/C26H33N3O4/c1-26(2,3)33-25(30)29-13-11-17(12-14-29)18-7-9-20-21(15-18)28(4)24(27-20)19-8-10-22(31-5)23(16-19)32-6/h7-10,15-17H,11-14H2,1-6H3. The minimum Gasteiger partial charge on any atom is -0.493 e. The maximum Gasteiger partial charge on any atom is 0.410 e. The third kappa shape index (κ3) is 4.77. The number of nitrogens with zero attached hydrogens (tertiary/aromatic N) is 3. The minimum absolute atomic E-state index is 0.220. The smallest absolute Gasteiger partial charge is 0.410 e. The van der Waals surface area contributed by atoms with Gasteiger partial charge in [0.05, 0.1) is 25.3 Å². The van der Waals surface area contributed by atoms with E-state index in [-0.39, 0.29) is 6.09 Å². The maximum atomic E-state index is 12.4. The first kappa shape index (κ1) is 23.0. The van der Waals surface area contributed by atoms with Crippen LogP contribution in [0, 0.1) is 0 Å². The normalized spacial score (nSPS) is 15.0. The highest BCUT2D eigenvalue weighted by Crippen LogP contribution is 2.35. The van der Waals surface area contributed by atoms with Crippen molar-refractivity contribution in [2.24, 2.45) is 7.05 Å². The lowest BCUT2D eigenvalue weighted by molar-refractivity contribution is 0.0205. The van der Waals surface area contributed by atoms with Gasteiger partial charge in [-0.2, -0.15) is 0 Å². The molecule has 0 aliphatic carbocycles. The summed E-state index contributed by atoms with van der Waals surface area (Å²) in [4.78, 5) is 19.1. The van der Waals surface area contributed by atoms with Crippen LogP contribution in [-0.2, 0) is 11.8 Å². The predicted molar refractivity (Wildman–Crippen MR) is 129 cm³/mol. The Kier molecular flexibility index (Phi) is 6.23. The van der Waals surface area contributed by atoms with E-state index in [9.17, 15) is 4.79 Å². The average molecular weight is 452 g/mol. The van der Waals surface area contributed by atoms with Gasteiger partial charge in [0.2, 0.25) is 0 Å². The Morgan fingerprint density at radius 1 is 1.00 bits per heavy atom. The second-order valence-electron chi connectivity index (χ2n) is 9.55. The molecule has 0 radical (unpaired) electrons. The molecule has 0 bridgehead atoms. The Morgan fingerprint density at radius 3 is 2.33 bits per heavy atom. The van der Waals surface area contributed by atoms with Crippen molar-refractivity contribution in [3.05, 3.63) is 42.0 Å². The van der Waals surface area contributed by atoms with Gasteiger partial charge in [0.15, 0.2) is 11.5 Å². The maximum absolute atomic E-state index is 12.4. The summed E-state index contributed by atoms with van der Waals surface area (Å²) in [6.07, 6.45) is 1.62. The first-order valence-corrected chi connectivity index (χ1v) is 11.4. The number of fused-ring (bicyclic) bond motifs is 1. The summed E-state index contributed by atoms with van der Waals surface area (Å²) in [5.41, 5.74) is 3.83. The number of hydrogen-bond acceptors (Lipinski definition) is 5. The molecular formula is C26H33N3O4. The lowest BCUT2D eigenvalue weighted by atomic mass is 9.89. The second kappa shape index (κ2) is 8.96. The van der Waals surface area contributed by atoms with E-state index in [0.29, 0.717) is 30.5 Å². The third-order valence-corrected chi connectivity index (χ3v) is 6.16. The average Bonchev–Trinajstić information content (AvgIpc) is 3.13. The number of rotatable bonds is 4. The minimum atomic E-state index is -0.468. The van der Waals surface area contributed by atoms with Crippen molar-refractivity contribution in [3.8, 4) is 22.9 Å². The Balaban J connectivity index is 1.54. The fourth-order valence-electron chi connectivity index (χ4n) is 4.42. The van der Waals surface area contributed by atoms with Crippen molar-refractivity contribution in [2.75, 3.05) is 27.3 Å². The van der Waals surface area contributed by atoms with Crippen LogP contribution in [0.2, 0.25) is 0 Å². The first-order valence-electron chi connectivity index (χ1n) is 11.4. The van der Waals surface area contributed by atoms with Gasteiger partial charge in [-0.25, -0.2) is 9.78 Å². The molecule has 0 unspecified atom stereocenters. The fraction of sp³-hybridized carbons (Fsp3) is 0.462. The number of carbonyl (C=O) groups excluding carboxylic acids is 1. The van der Waals surface area contributed by atoms with E-state index in [1.807, 2.05) is 50.9 Å². The van der Waals surface area contributed by atoms with E-state index in [1.54, 1.807) is 14.2 Å². The summed E-state index contributed by atoms with van der Waals surface area (Å²) in [6, 6.07) is 12.3. The van der Waals surface area contributed by atoms with Crippen LogP contribution in [0.4, 0.5) is 4.79 Å². The van der Waals surface area contributed by atoms with Crippen molar-refractivity contribution >= 4 is 17.1 Å². The molecule has 1 aliphatic heterocycles. The highest BCUT2D eigenvalue weighted by atomic mass is 16.6. The van der Waals surface area contributed by atoms with Gasteiger partial charge >= 0.3 is 6.09 Å². The lowest BCUT2D eigenvalue weighted by Gasteiger charge is -2.33. The highest BCUT2D eigenvalue weighted by Gasteiger charge is 2.28. The number of amides is 1. The molecular weight excluding hydrogens is 418 g/mol. The zero-order valence-electron chi connectivity index (χ0n) is 20.3. The number of methoxy groups -OCH3 is 2. The van der Waals surface area contributed by atoms with Gasteiger partial charge < -0.3 is 23.7 Å². The van der Waals surface area contributed by atoms with E-state index in [2.05, 4.69) is 22.8 Å². The van der Waals surface area contributed by atoms with Crippen LogP contribution in [0.5, 0.6) is 11.5 Å². The largest absolute Gasteiger partial charge is 0.493 e. The molecule has 0 saturated carbocycles. The van der Waals surface area contributed by atoms with Gasteiger partial charge in [-0.05, 0) is 75.4 Å². The van der Waals surface area contributed by atoms with E-state index in [0.717, 1.165) is 35.3 Å². The molecule has 33 heavy (non-hydrogen) atoms. The zero-order chi connectivity index (χ0) is 23.8. The summed E-state index contributed by atoms with van der Waals surface area (Å²) >= 11 is 0. The Hall–Kier alpha value is -3.22. The number of carbonyl (C=O) groups is 1. The zero-order valence-corrected chi connectivity index (χ0v) is 20.3. The van der Waals surface area contributed by atoms with Gasteiger partial charge in [0, 0.05) is 25.7 Å². The van der Waals surface area contributed by atoms with E-state index in [1.165, 1.54) is 5.56 Å². The second-order valence-corrected chi connectivity index (χ2v) is 9.55. The fourth-order valence-corrected chi connectivity index (χ4v) is 4.42. The van der Waals surface area contributed by atoms with Crippen LogP contribution in [-0.4, -0.2) is 53.5 Å². The Morgan fingerprint density at radius 2 is 1.70 bits per heavy atom. The van der Waals surface area contributed by atoms with E-state index in [4.69, 9.17) is 19.2 Å². The van der Waals surface area contributed by atoms with Crippen molar-refractivity contribution in [1.29, 1.82) is 0 Å². The summed E-state index contributed by atoms with van der Waals surface area (Å²) in [6.45, 7) is 7.12. The molecule has 1 saturated heterocycles. The number of benzene rings is 2. The monoisotopic (exact) mass is 451 g/mol. The van der Waals surface area contributed by atoms with Crippen molar-refractivity contribution in [3.63, 3.8) is 0 Å². The van der Waals surface area contributed by atoms with E-state index < -0.39 is 5.60 Å². The number of imidazole rings is 1. The number of ether oxygens (including phenoxy) is 3. The van der Waals surface area contributed by atoms with Crippen molar-refractivity contribution in [2.45, 2.75) is 45.1 Å². The predicted octanol–water partition coefficient (Wildman–Crippen LogP) is 5.37. The van der Waals surface area contributed by atoms with Crippen LogP contribution in [0.15, 0.2) is 36.4 Å². The first-order chi connectivity index (χ1) is 15.7. The molecule has 1 aliphatic rings. The molecule has 1 fully saturated rings. The SMILES string of the molecule is COc1ccc(-c2nc3ccc(C4CCN(C(=O)OC(C)(C)C)CC4)cc3n2C)cc1OC. The van der Waals surface area contributed by atoms with Gasteiger partial charge in [0.1, 0.15) is 11.4 Å². The molecule has 176 valence electrons. The lowest BCUT2D eigenvalue weighted by Crippen LogP contribution is -2.41. The molecule has 1 amide bonds. The number of hydrogen-bond donors (Lipinski definition) is 0. The summed E-state index contributed by atoms with van der Waals surface area (Å²) in [5, 5.41) is 0. The number of aryl methyl sites for hydroxylation is 1. The molecule has 0 N–H and O–H groups in total. The Labute approximate surface area is 195 Å². The number of likely N-dealkylation sites (tertiary alicyclic amines) is 1. The number of piperidine rings is 1. The molecule has 0 spiro atoms. The topological polar surface area (TPSA) is 65.8 Å². The van der Waals surface area contributed by atoms with E-state index >= 15 is 0 Å². The molecule has 4 rings (SSSR count). The highest BCUT2D eigenvalue weighted by molar-refractivity contribution is 5.82. The summed E-state index contributed by atoms with van der Waals surface area (Å²) in [5.74, 6) is 2.66. The van der Waals surface area contributed by atoms with Crippen LogP contribution >= 0.6 is 0 Å². The van der Waals surface area contributed by atoms with Gasteiger partial charge in [-0.15, -0.1) is 0 Å². The molecule has 7 heteroatoms. The van der Waals surface area contributed by atoms with Gasteiger partial charge in [-0.1, -0.05) is 6.07 Å². The third-order valence-electron chi connectivity index (χ3n) is 6.16. The quantitative estimate of drug-likeness (QED) is 0.533. The molecule has 1 aromatic heterocycles. The molecule has 3 aromatic rings. The molecule has 7 nitrogen and oxygen atoms in total. The molecule has 2 heterocycles. The van der Waals surface area contributed by atoms with Gasteiger partial charge in [-0.3, -0.25) is 0 Å². The summed E-state index contributed by atoms with van der Waals surface area (Å²) < 4.78 is 18.5. The van der Waals surface area contributed by atoms with Gasteiger partial charge in [0.25, 0.3) is 0 Å². The Bertz CT molecular complexity index is 1150. The van der Waals surface area contributed by atoms with Crippen molar-refractivity contribution < 1.29 is 19.0 Å². The molecule has 2 aromatic carbocycles. The van der Waals surface area contributed by atoms with Crippen LogP contribution in [0.1, 0.15) is 45.1 Å². The van der Waals surface area contributed by atoms with Crippen LogP contribution < -0.4 is 9.47 Å². The summed E-state index contributed by atoms with van der Waals surface area (Å²) in [7, 11) is 5.30.